The van der Waals surface area contributed by atoms with Crippen molar-refractivity contribution in [1.82, 2.24) is 9.55 Å². The fourth-order valence-electron chi connectivity index (χ4n) is 2.87. The van der Waals surface area contributed by atoms with Gasteiger partial charge in [0.15, 0.2) is 0 Å². The van der Waals surface area contributed by atoms with E-state index in [4.69, 9.17) is 4.43 Å². The Hall–Kier alpha value is -2.81. The molecule has 2 aromatic carbocycles. The third-order valence-corrected chi connectivity index (χ3v) is 4.53. The molecule has 0 aliphatic carbocycles. The van der Waals surface area contributed by atoms with Crippen molar-refractivity contribution in [2.24, 2.45) is 0 Å². The number of aliphatic hydroxyl groups is 1. The number of rotatable bonds is 5. The lowest BCUT2D eigenvalue weighted by molar-refractivity contribution is 0.255. The fourth-order valence-corrected chi connectivity index (χ4v) is 3.00. The SMILES string of the molecule is CC(C)c1nccn1[C@@H](C#Cc1ccc(-c2ccc(O[Si])cc2)cc1)CO. The smallest absolute Gasteiger partial charge is 0.341 e. The van der Waals surface area contributed by atoms with E-state index in [1.165, 1.54) is 0 Å². The van der Waals surface area contributed by atoms with Gasteiger partial charge in [-0.15, -0.1) is 0 Å². The van der Waals surface area contributed by atoms with E-state index in [2.05, 4.69) is 41.2 Å². The van der Waals surface area contributed by atoms with Crippen molar-refractivity contribution in [3.63, 3.8) is 0 Å². The molecule has 0 fully saturated rings. The monoisotopic (exact) mass is 373 g/mol. The van der Waals surface area contributed by atoms with Crippen LogP contribution in [-0.4, -0.2) is 31.8 Å². The lowest BCUT2D eigenvalue weighted by atomic mass is 10.0. The number of hydrogen-bond acceptors (Lipinski definition) is 3. The predicted molar refractivity (Wildman–Crippen MR) is 108 cm³/mol. The normalized spacial score (nSPS) is 11.7. The quantitative estimate of drug-likeness (QED) is 0.548. The van der Waals surface area contributed by atoms with Crippen LogP contribution in [-0.2, 0) is 0 Å². The highest BCUT2D eigenvalue weighted by Crippen LogP contribution is 2.22. The van der Waals surface area contributed by atoms with E-state index >= 15 is 0 Å². The maximum atomic E-state index is 9.75. The van der Waals surface area contributed by atoms with Gasteiger partial charge in [0.05, 0.1) is 6.61 Å². The van der Waals surface area contributed by atoms with Crippen LogP contribution in [0, 0.1) is 11.8 Å². The molecule has 3 rings (SSSR count). The average molecular weight is 374 g/mol. The molecule has 27 heavy (non-hydrogen) atoms. The molecule has 1 N–H and O–H groups in total. The molecule has 5 heteroatoms. The number of nitrogens with zero attached hydrogens (tertiary/aromatic N) is 2. The maximum absolute atomic E-state index is 9.75. The Morgan fingerprint density at radius 2 is 1.70 bits per heavy atom. The van der Waals surface area contributed by atoms with Crippen molar-refractivity contribution >= 4 is 10.5 Å². The highest BCUT2D eigenvalue weighted by Gasteiger charge is 2.13. The van der Waals surface area contributed by atoms with Crippen molar-refractivity contribution in [3.05, 3.63) is 72.3 Å². The Kier molecular flexibility index (Phi) is 6.12. The first-order chi connectivity index (χ1) is 13.1. The van der Waals surface area contributed by atoms with Gasteiger partial charge in [0.1, 0.15) is 17.6 Å². The molecule has 0 unspecified atom stereocenters. The Morgan fingerprint density at radius 1 is 1.07 bits per heavy atom. The van der Waals surface area contributed by atoms with Crippen LogP contribution in [0.2, 0.25) is 0 Å². The molecule has 3 radical (unpaired) electrons. The molecule has 0 spiro atoms. The van der Waals surface area contributed by atoms with Gasteiger partial charge in [-0.1, -0.05) is 50.0 Å². The van der Waals surface area contributed by atoms with Gasteiger partial charge < -0.3 is 14.1 Å². The van der Waals surface area contributed by atoms with E-state index in [-0.39, 0.29) is 18.6 Å². The summed E-state index contributed by atoms with van der Waals surface area (Å²) in [4.78, 5) is 4.37. The molecule has 0 aliphatic heterocycles. The summed E-state index contributed by atoms with van der Waals surface area (Å²) in [5, 5.41) is 9.75. The molecule has 0 amide bonds. The van der Waals surface area contributed by atoms with Crippen LogP contribution < -0.4 is 4.43 Å². The summed E-state index contributed by atoms with van der Waals surface area (Å²) in [7, 11) is 3.02. The van der Waals surface area contributed by atoms with Gasteiger partial charge in [0, 0.05) is 23.9 Å². The highest BCUT2D eigenvalue weighted by atomic mass is 28.2. The average Bonchev–Trinajstić information content (AvgIpc) is 3.19. The number of imidazole rings is 1. The van der Waals surface area contributed by atoms with E-state index in [9.17, 15) is 5.11 Å². The zero-order valence-corrected chi connectivity index (χ0v) is 16.4. The van der Waals surface area contributed by atoms with E-state index in [0.29, 0.717) is 0 Å². The Bertz CT molecular complexity index is 935. The summed E-state index contributed by atoms with van der Waals surface area (Å²) in [6.45, 7) is 4.11. The molecule has 135 valence electrons. The molecule has 0 saturated carbocycles. The minimum absolute atomic E-state index is 0.0526. The Labute approximate surface area is 163 Å². The number of benzene rings is 2. The number of aromatic nitrogens is 2. The summed E-state index contributed by atoms with van der Waals surface area (Å²) in [6.07, 6.45) is 3.62. The van der Waals surface area contributed by atoms with Crippen LogP contribution in [0.4, 0.5) is 0 Å². The van der Waals surface area contributed by atoms with E-state index in [0.717, 1.165) is 28.3 Å². The molecule has 1 heterocycles. The summed E-state index contributed by atoms with van der Waals surface area (Å²) in [6, 6.07) is 15.6. The molecule has 1 aromatic heterocycles. The second kappa shape index (κ2) is 8.72. The second-order valence-corrected chi connectivity index (χ2v) is 6.72. The fraction of sp³-hybridized carbons (Fsp3) is 0.227. The third-order valence-electron chi connectivity index (χ3n) is 4.30. The predicted octanol–water partition coefficient (Wildman–Crippen LogP) is 3.72. The van der Waals surface area contributed by atoms with Crippen LogP contribution in [0.25, 0.3) is 11.1 Å². The topological polar surface area (TPSA) is 47.3 Å². The third kappa shape index (κ3) is 4.48. The number of aliphatic hydroxyl groups excluding tert-OH is 1. The van der Waals surface area contributed by atoms with E-state index in [1.54, 1.807) is 6.20 Å². The Morgan fingerprint density at radius 3 is 2.26 bits per heavy atom. The Balaban J connectivity index is 1.78. The van der Waals surface area contributed by atoms with Crippen LogP contribution in [0.15, 0.2) is 60.9 Å². The van der Waals surface area contributed by atoms with Crippen molar-refractivity contribution in [3.8, 4) is 28.7 Å². The zero-order valence-electron chi connectivity index (χ0n) is 15.4. The lowest BCUT2D eigenvalue weighted by Crippen LogP contribution is -2.14. The lowest BCUT2D eigenvalue weighted by Gasteiger charge is -2.15. The first-order valence-corrected chi connectivity index (χ1v) is 9.22. The minimum atomic E-state index is -0.304. The minimum Gasteiger partial charge on any atom is -0.540 e. The molecular formula is C22H21N2O2Si. The first-order valence-electron chi connectivity index (χ1n) is 8.81. The molecule has 4 nitrogen and oxygen atoms in total. The maximum Gasteiger partial charge on any atom is 0.341 e. The van der Waals surface area contributed by atoms with Gasteiger partial charge in [-0.25, -0.2) is 4.98 Å². The van der Waals surface area contributed by atoms with Crippen molar-refractivity contribution < 1.29 is 9.53 Å². The summed E-state index contributed by atoms with van der Waals surface area (Å²) < 4.78 is 6.95. The van der Waals surface area contributed by atoms with Gasteiger partial charge >= 0.3 is 10.5 Å². The van der Waals surface area contributed by atoms with Crippen LogP contribution in [0.5, 0.6) is 5.75 Å². The van der Waals surface area contributed by atoms with Gasteiger partial charge in [-0.2, -0.15) is 0 Å². The van der Waals surface area contributed by atoms with Gasteiger partial charge in [0.25, 0.3) is 0 Å². The molecule has 3 aromatic rings. The van der Waals surface area contributed by atoms with Crippen molar-refractivity contribution in [2.45, 2.75) is 25.8 Å². The van der Waals surface area contributed by atoms with Crippen LogP contribution >= 0.6 is 0 Å². The molecule has 0 saturated heterocycles. The van der Waals surface area contributed by atoms with Crippen LogP contribution in [0.3, 0.4) is 0 Å². The molecule has 0 aliphatic rings. The highest BCUT2D eigenvalue weighted by molar-refractivity contribution is 6.00. The van der Waals surface area contributed by atoms with Gasteiger partial charge in [-0.3, -0.25) is 0 Å². The summed E-state index contributed by atoms with van der Waals surface area (Å²) >= 11 is 0. The summed E-state index contributed by atoms with van der Waals surface area (Å²) in [5.74, 6) is 8.28. The largest absolute Gasteiger partial charge is 0.540 e. The van der Waals surface area contributed by atoms with Crippen molar-refractivity contribution in [2.75, 3.05) is 6.61 Å². The second-order valence-electron chi connectivity index (χ2n) is 6.52. The van der Waals surface area contributed by atoms with E-state index < -0.39 is 0 Å². The standard InChI is InChI=1S/C22H21N2O2Si/c1-16(2)22-23-13-14-24(22)20(15-25)10-5-17-3-6-18(7-4-17)19-8-11-21(26-27)12-9-19/h3-4,6-9,11-14,16,20,25H,15H2,1-2H3/t20-/m0/s1. The van der Waals surface area contributed by atoms with Crippen molar-refractivity contribution in [1.29, 1.82) is 0 Å². The zero-order chi connectivity index (χ0) is 19.2. The molecule has 0 bridgehead atoms. The van der Waals surface area contributed by atoms with Crippen LogP contribution in [0.1, 0.15) is 37.2 Å². The molecule has 1 atom stereocenters. The van der Waals surface area contributed by atoms with Gasteiger partial charge in [0.2, 0.25) is 0 Å². The molecular weight excluding hydrogens is 352 g/mol. The van der Waals surface area contributed by atoms with E-state index in [1.807, 2.05) is 59.3 Å². The summed E-state index contributed by atoms with van der Waals surface area (Å²) in [5.41, 5.74) is 3.12. The number of hydrogen-bond donors (Lipinski definition) is 1. The van der Waals surface area contributed by atoms with Gasteiger partial charge in [-0.05, 0) is 35.4 Å². The first kappa shape index (κ1) is 19.0.